The summed E-state index contributed by atoms with van der Waals surface area (Å²) in [7, 11) is 0. The Morgan fingerprint density at radius 1 is 1.11 bits per heavy atom. The van der Waals surface area contributed by atoms with E-state index < -0.39 is 11.7 Å². The van der Waals surface area contributed by atoms with Crippen LogP contribution in [-0.2, 0) is 6.18 Å². The Hall–Kier alpha value is -3.39. The summed E-state index contributed by atoms with van der Waals surface area (Å²) in [4.78, 5) is 14.2. The number of H-pyrrole nitrogens is 1. The van der Waals surface area contributed by atoms with Crippen molar-refractivity contribution in [1.82, 2.24) is 19.9 Å². The molecule has 36 heavy (non-hydrogen) atoms. The lowest BCUT2D eigenvalue weighted by molar-refractivity contribution is -0.137. The minimum absolute atomic E-state index is 0.0968. The van der Waals surface area contributed by atoms with E-state index in [1.165, 1.54) is 12.0 Å². The maximum Gasteiger partial charge on any atom is 0.419 e. The third kappa shape index (κ3) is 3.06. The molecule has 2 aliphatic carbocycles. The SMILES string of the molecule is CC(c1ccccc1)N1CC2CCC23C(Nc2ncc(C(F)(F)F)c(-c4c[nH]c5ccccc45)n2)C13. The second-order valence-corrected chi connectivity index (χ2v) is 10.4. The number of hydrogen-bond donors (Lipinski definition) is 2. The summed E-state index contributed by atoms with van der Waals surface area (Å²) in [6, 6.07) is 18.6. The largest absolute Gasteiger partial charge is 0.419 e. The van der Waals surface area contributed by atoms with Crippen molar-refractivity contribution in [2.24, 2.45) is 11.3 Å². The molecule has 1 aliphatic heterocycles. The van der Waals surface area contributed by atoms with E-state index in [0.29, 0.717) is 22.9 Å². The van der Waals surface area contributed by atoms with Crippen LogP contribution in [0.25, 0.3) is 22.2 Å². The molecule has 5 unspecified atom stereocenters. The minimum Gasteiger partial charge on any atom is -0.360 e. The molecule has 1 spiro atoms. The van der Waals surface area contributed by atoms with Gasteiger partial charge in [0.05, 0.1) is 11.7 Å². The molecule has 5 atom stereocenters. The molecule has 2 saturated carbocycles. The second-order valence-electron chi connectivity index (χ2n) is 10.4. The highest BCUT2D eigenvalue weighted by molar-refractivity contribution is 5.95. The van der Waals surface area contributed by atoms with Crippen LogP contribution in [0.4, 0.5) is 19.1 Å². The number of fused-ring (bicyclic) bond motifs is 1. The van der Waals surface area contributed by atoms with Gasteiger partial charge in [0.1, 0.15) is 5.56 Å². The average molecular weight is 490 g/mol. The van der Waals surface area contributed by atoms with Gasteiger partial charge >= 0.3 is 6.18 Å². The second kappa shape index (κ2) is 7.56. The Morgan fingerprint density at radius 3 is 2.64 bits per heavy atom. The number of halogens is 3. The fourth-order valence-corrected chi connectivity index (χ4v) is 6.85. The average Bonchev–Trinajstić information content (AvgIpc) is 3.22. The van der Waals surface area contributed by atoms with Gasteiger partial charge in [0.2, 0.25) is 5.95 Å². The van der Waals surface area contributed by atoms with Crippen molar-refractivity contribution in [2.75, 3.05) is 11.9 Å². The maximum absolute atomic E-state index is 13.9. The Bertz CT molecular complexity index is 1450. The van der Waals surface area contributed by atoms with Gasteiger partial charge in [-0.15, -0.1) is 0 Å². The number of hydrogen-bond acceptors (Lipinski definition) is 4. The van der Waals surface area contributed by atoms with Gasteiger partial charge in [-0.05, 0) is 37.3 Å². The number of anilines is 1. The number of likely N-dealkylation sites (tertiary alicyclic amines) is 1. The number of nitrogens with one attached hydrogen (secondary N) is 2. The molecule has 2 aromatic carbocycles. The standard InChI is InChI=1S/C28H26F3N5/c1-16(17-7-3-2-4-8-17)36-15-18-11-12-27(18)24(25(27)36)35-26-33-14-21(28(29,30)31)23(34-26)20-13-32-22-10-6-5-9-19(20)22/h2-10,13-14,16,18,24-25,32H,11-12,15H2,1H3,(H,33,34,35). The fraction of sp³-hybridized carbons (Fsp3) is 0.357. The van der Waals surface area contributed by atoms with Gasteiger partial charge in [0, 0.05) is 52.9 Å². The summed E-state index contributed by atoms with van der Waals surface area (Å²) in [6.45, 7) is 3.31. The third-order valence-corrected chi connectivity index (χ3v) is 8.81. The lowest BCUT2D eigenvalue weighted by atomic mass is 9.71. The monoisotopic (exact) mass is 489 g/mol. The first-order chi connectivity index (χ1) is 17.4. The maximum atomic E-state index is 13.9. The molecule has 3 aliphatic rings. The highest BCUT2D eigenvalue weighted by atomic mass is 19.4. The van der Waals surface area contributed by atoms with Crippen LogP contribution in [0.5, 0.6) is 0 Å². The zero-order valence-electron chi connectivity index (χ0n) is 19.8. The summed E-state index contributed by atoms with van der Waals surface area (Å²) in [5.74, 6) is 0.865. The van der Waals surface area contributed by atoms with E-state index in [9.17, 15) is 13.2 Å². The van der Waals surface area contributed by atoms with Crippen LogP contribution in [0.15, 0.2) is 67.0 Å². The van der Waals surface area contributed by atoms with Crippen molar-refractivity contribution >= 4 is 16.9 Å². The molecule has 0 amide bonds. The molecule has 2 aromatic heterocycles. The molecule has 1 saturated heterocycles. The van der Waals surface area contributed by atoms with Gasteiger partial charge in [-0.25, -0.2) is 9.97 Å². The summed E-state index contributed by atoms with van der Waals surface area (Å²) in [6.07, 6.45) is 0.295. The Labute approximate surface area is 206 Å². The molecule has 0 radical (unpaired) electrons. The molecule has 7 rings (SSSR count). The van der Waals surface area contributed by atoms with Crippen LogP contribution < -0.4 is 5.32 Å². The van der Waals surface area contributed by atoms with E-state index in [1.807, 2.05) is 30.3 Å². The van der Waals surface area contributed by atoms with Crippen molar-refractivity contribution < 1.29 is 13.2 Å². The molecular weight excluding hydrogens is 463 g/mol. The Balaban J connectivity index is 1.22. The zero-order valence-corrected chi connectivity index (χ0v) is 19.8. The fourth-order valence-electron chi connectivity index (χ4n) is 6.85. The van der Waals surface area contributed by atoms with Gasteiger partial charge in [-0.2, -0.15) is 13.2 Å². The molecule has 3 fully saturated rings. The summed E-state index contributed by atoms with van der Waals surface area (Å²) < 4.78 is 41.8. The lowest BCUT2D eigenvalue weighted by Gasteiger charge is -2.36. The van der Waals surface area contributed by atoms with Crippen LogP contribution in [-0.4, -0.2) is 38.5 Å². The number of rotatable bonds is 5. The van der Waals surface area contributed by atoms with Crippen LogP contribution in [0.2, 0.25) is 0 Å². The molecular formula is C28H26F3N5. The first-order valence-electron chi connectivity index (χ1n) is 12.5. The van der Waals surface area contributed by atoms with Crippen LogP contribution in [0.3, 0.4) is 0 Å². The van der Waals surface area contributed by atoms with Gasteiger partial charge < -0.3 is 10.3 Å². The van der Waals surface area contributed by atoms with Crippen LogP contribution >= 0.6 is 0 Å². The molecule has 8 heteroatoms. The number of alkyl halides is 3. The van der Waals surface area contributed by atoms with E-state index in [4.69, 9.17) is 0 Å². The quantitative estimate of drug-likeness (QED) is 0.347. The number of benzene rings is 2. The van der Waals surface area contributed by atoms with Crippen molar-refractivity contribution in [3.05, 3.63) is 78.1 Å². The normalized spacial score (nSPS) is 27.8. The van der Waals surface area contributed by atoms with E-state index in [1.54, 1.807) is 6.20 Å². The zero-order chi connectivity index (χ0) is 24.7. The summed E-state index contributed by atoms with van der Waals surface area (Å²) >= 11 is 0. The minimum atomic E-state index is -4.55. The van der Waals surface area contributed by atoms with E-state index in [2.05, 4.69) is 56.4 Å². The Kier molecular flexibility index (Phi) is 4.59. The molecule has 0 bridgehead atoms. The molecule has 4 aromatic rings. The Morgan fingerprint density at radius 2 is 1.89 bits per heavy atom. The first-order valence-corrected chi connectivity index (χ1v) is 12.5. The highest BCUT2D eigenvalue weighted by Crippen LogP contribution is 2.72. The smallest absolute Gasteiger partial charge is 0.360 e. The van der Waals surface area contributed by atoms with E-state index in [0.717, 1.165) is 24.7 Å². The third-order valence-electron chi connectivity index (χ3n) is 8.81. The predicted octanol–water partition coefficient (Wildman–Crippen LogP) is 6.28. The van der Waals surface area contributed by atoms with Crippen molar-refractivity contribution in [3.8, 4) is 11.3 Å². The summed E-state index contributed by atoms with van der Waals surface area (Å²) in [5.41, 5.74) is 1.74. The van der Waals surface area contributed by atoms with Crippen molar-refractivity contribution in [3.63, 3.8) is 0 Å². The van der Waals surface area contributed by atoms with Gasteiger partial charge in [-0.3, -0.25) is 4.90 Å². The van der Waals surface area contributed by atoms with Gasteiger partial charge in [-0.1, -0.05) is 48.5 Å². The van der Waals surface area contributed by atoms with Crippen molar-refractivity contribution in [1.29, 1.82) is 0 Å². The highest BCUT2D eigenvalue weighted by Gasteiger charge is 2.78. The summed E-state index contributed by atoms with van der Waals surface area (Å²) in [5, 5.41) is 4.17. The number of aromatic amines is 1. The van der Waals surface area contributed by atoms with Crippen molar-refractivity contribution in [2.45, 2.75) is 44.1 Å². The predicted molar refractivity (Wildman–Crippen MR) is 132 cm³/mol. The van der Waals surface area contributed by atoms with E-state index >= 15 is 0 Å². The first kappa shape index (κ1) is 21.9. The van der Waals surface area contributed by atoms with E-state index in [-0.39, 0.29) is 29.1 Å². The van der Waals surface area contributed by atoms with Crippen LogP contribution in [0, 0.1) is 11.3 Å². The number of para-hydroxylation sites is 1. The molecule has 5 nitrogen and oxygen atoms in total. The van der Waals surface area contributed by atoms with Crippen LogP contribution in [0.1, 0.15) is 36.9 Å². The number of piperidine rings is 1. The topological polar surface area (TPSA) is 56.8 Å². The molecule has 3 heterocycles. The number of nitrogens with zero attached hydrogens (tertiary/aromatic N) is 3. The molecule has 184 valence electrons. The molecule has 2 N–H and O–H groups in total. The number of aromatic nitrogens is 3. The van der Waals surface area contributed by atoms with Gasteiger partial charge in [0.25, 0.3) is 0 Å². The lowest BCUT2D eigenvalue weighted by Crippen LogP contribution is -2.38. The van der Waals surface area contributed by atoms with Gasteiger partial charge in [0.15, 0.2) is 0 Å².